The maximum absolute atomic E-state index is 6.21. The Morgan fingerprint density at radius 1 is 0.500 bits per heavy atom. The van der Waals surface area contributed by atoms with E-state index < -0.39 is 0 Å². The zero-order valence-electron chi connectivity index (χ0n) is 24.7. The molecule has 0 N–H and O–H groups in total. The Labute approximate surface area is 243 Å². The van der Waals surface area contributed by atoms with Gasteiger partial charge in [0.25, 0.3) is 0 Å². The van der Waals surface area contributed by atoms with Crippen LogP contribution in [0.1, 0.15) is 132 Å². The van der Waals surface area contributed by atoms with E-state index in [0.717, 1.165) is 58.0 Å². The molecule has 0 radical (unpaired) electrons. The molecule has 0 nitrogen and oxygen atoms in total. The topological polar surface area (TPSA) is 0 Å². The summed E-state index contributed by atoms with van der Waals surface area (Å²) in [4.78, 5) is 0. The van der Waals surface area contributed by atoms with Crippen LogP contribution in [0.25, 0.3) is 0 Å². The highest BCUT2D eigenvalue weighted by atomic mass is 14.8. The number of benzene rings is 1. The predicted molar refractivity (Wildman–Crippen MR) is 161 cm³/mol. The zero-order valence-corrected chi connectivity index (χ0v) is 24.7. The average molecular weight is 529 g/mol. The Morgan fingerprint density at radius 3 is 1.48 bits per heavy atom. The van der Waals surface area contributed by atoms with Gasteiger partial charge in [-0.25, -0.2) is 0 Å². The van der Waals surface area contributed by atoms with Gasteiger partial charge in [0.1, 0.15) is 0 Å². The van der Waals surface area contributed by atoms with E-state index in [9.17, 15) is 0 Å². The van der Waals surface area contributed by atoms with Gasteiger partial charge in [0.2, 0.25) is 0 Å². The molecule has 1 aromatic carbocycles. The molecule has 0 heterocycles. The quantitative estimate of drug-likeness (QED) is 0.343. The van der Waals surface area contributed by atoms with Crippen LogP contribution in [0.4, 0.5) is 0 Å². The Kier molecular flexibility index (Phi) is 4.44. The van der Waals surface area contributed by atoms with Crippen molar-refractivity contribution in [2.24, 2.45) is 63.1 Å². The van der Waals surface area contributed by atoms with Gasteiger partial charge in [-0.1, -0.05) is 17.9 Å². The molecule has 0 aromatic heterocycles. The maximum atomic E-state index is 6.21. The van der Waals surface area contributed by atoms with Crippen molar-refractivity contribution in [2.45, 2.75) is 121 Å². The molecule has 4 unspecified atom stereocenters. The second-order valence-corrected chi connectivity index (χ2v) is 18.3. The van der Waals surface area contributed by atoms with Crippen LogP contribution in [0.2, 0.25) is 0 Å². The van der Waals surface area contributed by atoms with Crippen LogP contribution in [0, 0.1) is 87.8 Å². The van der Waals surface area contributed by atoms with Gasteiger partial charge in [0.15, 0.2) is 0 Å². The van der Waals surface area contributed by atoms with E-state index in [1.807, 2.05) is 0 Å². The fourth-order valence-corrected chi connectivity index (χ4v) is 16.7. The standard InChI is InChI=1S/C40H48/c1-3-26-5-6-35(34(4-2)12-26)36-13-30-10-31(14-36)19-38(18-30,24-36)40-22-32-11-33(23-40)21-39(20-32,25-40)37-15-27-7-28(16-37)9-29(8-27)17-37/h1-2,5-6,12,27-33H,7-11,13-25H2. The fraction of sp³-hybridized carbons (Fsp3) is 0.750. The van der Waals surface area contributed by atoms with Crippen LogP contribution in [-0.4, -0.2) is 0 Å². The van der Waals surface area contributed by atoms with Crippen molar-refractivity contribution in [2.75, 3.05) is 0 Å². The monoisotopic (exact) mass is 528 g/mol. The van der Waals surface area contributed by atoms with E-state index in [2.05, 4.69) is 30.0 Å². The summed E-state index contributed by atoms with van der Waals surface area (Å²) in [5.74, 6) is 13.2. The molecular weight excluding hydrogens is 480 g/mol. The van der Waals surface area contributed by atoms with Crippen molar-refractivity contribution in [1.29, 1.82) is 0 Å². The third kappa shape index (κ3) is 2.84. The third-order valence-electron chi connectivity index (χ3n) is 16.3. The molecule has 12 aliphatic rings. The van der Waals surface area contributed by atoms with E-state index >= 15 is 0 Å². The maximum Gasteiger partial charge on any atom is 0.0292 e. The average Bonchev–Trinajstić information content (AvgIpc) is 2.90. The number of rotatable bonds is 3. The van der Waals surface area contributed by atoms with Crippen molar-refractivity contribution in [3.63, 3.8) is 0 Å². The van der Waals surface area contributed by atoms with Crippen molar-refractivity contribution >= 4 is 0 Å². The molecule has 0 saturated heterocycles. The van der Waals surface area contributed by atoms with E-state index in [4.69, 9.17) is 12.8 Å². The Hall–Kier alpha value is -1.66. The minimum absolute atomic E-state index is 0.302. The predicted octanol–water partition coefficient (Wildman–Crippen LogP) is 9.29. The van der Waals surface area contributed by atoms with E-state index in [1.165, 1.54) is 31.2 Å². The summed E-state index contributed by atoms with van der Waals surface area (Å²) in [6, 6.07) is 6.75. The van der Waals surface area contributed by atoms with E-state index in [0.29, 0.717) is 21.7 Å². The number of terminal acetylenes is 2. The highest BCUT2D eigenvalue weighted by Gasteiger charge is 2.73. The molecule has 208 valence electrons. The molecule has 0 spiro atoms. The van der Waals surface area contributed by atoms with Crippen LogP contribution >= 0.6 is 0 Å². The lowest BCUT2D eigenvalue weighted by molar-refractivity contribution is -0.269. The van der Waals surface area contributed by atoms with Gasteiger partial charge in [-0.3, -0.25) is 0 Å². The van der Waals surface area contributed by atoms with Crippen molar-refractivity contribution < 1.29 is 0 Å². The highest BCUT2D eigenvalue weighted by Crippen LogP contribution is 2.83. The molecule has 0 aliphatic heterocycles. The third-order valence-corrected chi connectivity index (χ3v) is 16.3. The first-order valence-corrected chi connectivity index (χ1v) is 17.4. The molecule has 0 heteroatoms. The summed E-state index contributed by atoms with van der Waals surface area (Å²) < 4.78 is 0. The van der Waals surface area contributed by atoms with Crippen LogP contribution in [-0.2, 0) is 5.41 Å². The summed E-state index contributed by atoms with van der Waals surface area (Å²) in [7, 11) is 0. The minimum Gasteiger partial charge on any atom is -0.115 e. The van der Waals surface area contributed by atoms with Gasteiger partial charge in [0.05, 0.1) is 0 Å². The Morgan fingerprint density at radius 2 is 0.950 bits per heavy atom. The van der Waals surface area contributed by atoms with Gasteiger partial charge in [-0.15, -0.1) is 12.8 Å². The molecule has 1 aromatic rings. The van der Waals surface area contributed by atoms with Crippen LogP contribution < -0.4 is 0 Å². The number of hydrogen-bond donors (Lipinski definition) is 0. The normalized spacial score (nSPS) is 55.9. The lowest BCUT2D eigenvalue weighted by atomic mass is 9.27. The molecule has 0 amide bonds. The van der Waals surface area contributed by atoms with Crippen LogP contribution in [0.5, 0.6) is 0 Å². The first-order valence-electron chi connectivity index (χ1n) is 17.4. The first kappa shape index (κ1) is 23.9. The summed E-state index contributed by atoms with van der Waals surface area (Å²) in [5.41, 5.74) is 6.49. The fourth-order valence-electron chi connectivity index (χ4n) is 16.7. The molecule has 4 atom stereocenters. The van der Waals surface area contributed by atoms with E-state index in [1.54, 1.807) is 89.9 Å². The summed E-state index contributed by atoms with van der Waals surface area (Å²) in [6.07, 6.45) is 40.2. The lowest BCUT2D eigenvalue weighted by Gasteiger charge is -2.77. The first-order chi connectivity index (χ1) is 19.4. The zero-order chi connectivity index (χ0) is 26.5. The summed E-state index contributed by atoms with van der Waals surface area (Å²) >= 11 is 0. The van der Waals surface area contributed by atoms with Crippen LogP contribution in [0.3, 0.4) is 0 Å². The molecule has 12 saturated carbocycles. The lowest BCUT2D eigenvalue weighted by Crippen LogP contribution is -2.68. The molecule has 13 rings (SSSR count). The van der Waals surface area contributed by atoms with Crippen LogP contribution in [0.15, 0.2) is 18.2 Å². The molecule has 40 heavy (non-hydrogen) atoms. The smallest absolute Gasteiger partial charge is 0.0292 e. The minimum atomic E-state index is 0.302. The Bertz CT molecular complexity index is 1310. The van der Waals surface area contributed by atoms with Gasteiger partial charge in [-0.05, 0) is 202 Å². The number of hydrogen-bond acceptors (Lipinski definition) is 0. The van der Waals surface area contributed by atoms with Gasteiger partial charge >= 0.3 is 0 Å². The largest absolute Gasteiger partial charge is 0.115 e. The highest BCUT2D eigenvalue weighted by molar-refractivity contribution is 5.51. The second kappa shape index (κ2) is 7.45. The molecular formula is C40H48. The SMILES string of the molecule is C#Cc1ccc(C23CC4CC(C2)CC(C25CC6CC(CC(C78CC9CC(CC(C9)C7)C8)(C6)C2)C5)(C4)C3)c(C#C)c1. The molecule has 12 fully saturated rings. The summed E-state index contributed by atoms with van der Waals surface area (Å²) in [5, 5.41) is 0. The Balaban J connectivity index is 1.08. The summed E-state index contributed by atoms with van der Waals surface area (Å²) in [6.45, 7) is 0. The molecule has 12 bridgehead atoms. The molecule has 12 aliphatic carbocycles. The van der Waals surface area contributed by atoms with Crippen molar-refractivity contribution in [3.8, 4) is 24.7 Å². The second-order valence-electron chi connectivity index (χ2n) is 18.3. The van der Waals surface area contributed by atoms with Crippen molar-refractivity contribution in [1.82, 2.24) is 0 Å². The van der Waals surface area contributed by atoms with E-state index in [-0.39, 0.29) is 0 Å². The van der Waals surface area contributed by atoms with Gasteiger partial charge in [0, 0.05) is 11.1 Å². The van der Waals surface area contributed by atoms with Gasteiger partial charge < -0.3 is 0 Å². The van der Waals surface area contributed by atoms with Gasteiger partial charge in [-0.2, -0.15) is 0 Å². The van der Waals surface area contributed by atoms with Crippen molar-refractivity contribution in [3.05, 3.63) is 34.9 Å².